The third-order valence-electron chi connectivity index (χ3n) is 0.933. The topological polar surface area (TPSA) is 72.2 Å². The molecule has 0 saturated heterocycles. The minimum absolute atomic E-state index is 0.0359. The van der Waals surface area contributed by atoms with Crippen molar-refractivity contribution in [3.05, 3.63) is 0 Å². The van der Waals surface area contributed by atoms with Gasteiger partial charge >= 0.3 is 0 Å². The zero-order valence-electron chi connectivity index (χ0n) is 6.42. The summed E-state index contributed by atoms with van der Waals surface area (Å²) in [4.78, 5) is 21.0. The molecule has 0 aliphatic rings. The van der Waals surface area contributed by atoms with Crippen LogP contribution in [0, 0.1) is 0 Å². The van der Waals surface area contributed by atoms with Crippen molar-refractivity contribution in [2.45, 2.75) is 6.42 Å². The summed E-state index contributed by atoms with van der Waals surface area (Å²) in [6, 6.07) is 0. The van der Waals surface area contributed by atoms with Crippen molar-refractivity contribution in [3.8, 4) is 0 Å². The Bertz CT molecular complexity index is 150. The Morgan fingerprint density at radius 2 is 2.18 bits per heavy atom. The molecule has 64 valence electrons. The summed E-state index contributed by atoms with van der Waals surface area (Å²) in [5, 5.41) is 2.75. The van der Waals surface area contributed by atoms with Gasteiger partial charge in [-0.2, -0.15) is 0 Å². The third kappa shape index (κ3) is 7.35. The molecule has 0 bridgehead atoms. The molecule has 0 aromatic rings. The predicted octanol–water partition coefficient (Wildman–Crippen LogP) is -0.659. The van der Waals surface area contributed by atoms with Gasteiger partial charge in [-0.25, -0.2) is 0 Å². The van der Waals surface area contributed by atoms with E-state index >= 15 is 0 Å². The number of carbonyl (C=O) groups excluding carboxylic acids is 2. The first-order chi connectivity index (χ1) is 5.16. The summed E-state index contributed by atoms with van der Waals surface area (Å²) in [6.07, 6.45) is 0.264. The highest BCUT2D eigenvalue weighted by Gasteiger charge is 2.01. The van der Waals surface area contributed by atoms with Crippen molar-refractivity contribution < 1.29 is 9.59 Å². The largest absolute Gasteiger partial charge is 0.370 e. The fourth-order valence-corrected chi connectivity index (χ4v) is 1.24. The van der Waals surface area contributed by atoms with Crippen LogP contribution in [0.5, 0.6) is 0 Å². The number of carbonyl (C=O) groups is 2. The van der Waals surface area contributed by atoms with E-state index in [9.17, 15) is 9.59 Å². The van der Waals surface area contributed by atoms with Gasteiger partial charge in [-0.05, 0) is 7.05 Å². The second-order valence-electron chi connectivity index (χ2n) is 1.97. The summed E-state index contributed by atoms with van der Waals surface area (Å²) in [5.74, 6) is 0.116. The summed E-state index contributed by atoms with van der Waals surface area (Å²) < 4.78 is 0. The lowest BCUT2D eigenvalue weighted by atomic mass is 10.5. The lowest BCUT2D eigenvalue weighted by Crippen LogP contribution is -2.17. The van der Waals surface area contributed by atoms with E-state index < -0.39 is 0 Å². The molecule has 0 aliphatic carbocycles. The molecule has 0 saturated carbocycles. The van der Waals surface area contributed by atoms with Crippen LogP contribution in [0.15, 0.2) is 0 Å². The summed E-state index contributed by atoms with van der Waals surface area (Å²) in [5.41, 5.74) is 4.87. The minimum Gasteiger partial charge on any atom is -0.370 e. The molecule has 0 spiro atoms. The number of rotatable bonds is 5. The van der Waals surface area contributed by atoms with Crippen LogP contribution in [0.25, 0.3) is 0 Å². The number of hydrogen-bond acceptors (Lipinski definition) is 4. The van der Waals surface area contributed by atoms with Crippen LogP contribution in [0.3, 0.4) is 0 Å². The van der Waals surface area contributed by atoms with Crippen LogP contribution in [0.4, 0.5) is 0 Å². The first-order valence-corrected chi connectivity index (χ1v) is 4.24. The Balaban J connectivity index is 3.24. The van der Waals surface area contributed by atoms with Gasteiger partial charge in [0.25, 0.3) is 0 Å². The average molecular weight is 176 g/mol. The fraction of sp³-hybridized carbons (Fsp3) is 0.667. The molecule has 0 aliphatic heterocycles. The zero-order valence-corrected chi connectivity index (χ0v) is 7.24. The molecule has 11 heavy (non-hydrogen) atoms. The van der Waals surface area contributed by atoms with Crippen LogP contribution in [0.2, 0.25) is 0 Å². The number of amides is 1. The molecule has 0 unspecified atom stereocenters. The minimum atomic E-state index is -0.366. The van der Waals surface area contributed by atoms with Crippen LogP contribution < -0.4 is 11.1 Å². The molecular weight excluding hydrogens is 164 g/mol. The number of likely N-dealkylation sites (N-methyl/N-ethyl adjacent to an activating group) is 1. The average Bonchev–Trinajstić information content (AvgIpc) is 1.87. The second kappa shape index (κ2) is 6.18. The molecule has 0 atom stereocenters. The van der Waals surface area contributed by atoms with Gasteiger partial charge in [0, 0.05) is 12.2 Å². The van der Waals surface area contributed by atoms with Gasteiger partial charge < -0.3 is 11.1 Å². The van der Waals surface area contributed by atoms with Crippen molar-refractivity contribution in [1.29, 1.82) is 0 Å². The summed E-state index contributed by atoms with van der Waals surface area (Å²) in [6.45, 7) is 0.337. The van der Waals surface area contributed by atoms with E-state index in [4.69, 9.17) is 5.73 Å². The number of nitrogens with two attached hydrogens (primary N) is 1. The first kappa shape index (κ1) is 10.4. The maximum Gasteiger partial charge on any atom is 0.218 e. The molecule has 4 nitrogen and oxygen atoms in total. The van der Waals surface area contributed by atoms with Gasteiger partial charge in [0.15, 0.2) is 0 Å². The second-order valence-corrected chi connectivity index (χ2v) is 3.12. The lowest BCUT2D eigenvalue weighted by Gasteiger charge is -1.96. The van der Waals surface area contributed by atoms with Crippen LogP contribution in [-0.2, 0) is 9.59 Å². The van der Waals surface area contributed by atoms with Crippen molar-refractivity contribution in [2.24, 2.45) is 5.73 Å². The monoisotopic (exact) mass is 176 g/mol. The van der Waals surface area contributed by atoms with E-state index in [1.807, 2.05) is 0 Å². The number of hydrogen-bond donors (Lipinski definition) is 2. The molecule has 0 radical (unpaired) electrons. The molecule has 1 amide bonds. The number of thioether (sulfide) groups is 1. The Labute approximate surface area is 69.9 Å². The molecule has 0 heterocycles. The van der Waals surface area contributed by atoms with Crippen molar-refractivity contribution in [2.75, 3.05) is 19.3 Å². The fourth-order valence-electron chi connectivity index (χ4n) is 0.461. The normalized spacial score (nSPS) is 9.55. The van der Waals surface area contributed by atoms with Crippen molar-refractivity contribution in [1.82, 2.24) is 5.32 Å². The number of primary amides is 1. The lowest BCUT2D eigenvalue weighted by molar-refractivity contribution is -0.117. The van der Waals surface area contributed by atoms with Gasteiger partial charge in [0.2, 0.25) is 11.0 Å². The molecule has 0 aromatic carbocycles. The first-order valence-electron chi connectivity index (χ1n) is 3.25. The maximum atomic E-state index is 10.8. The highest BCUT2D eigenvalue weighted by Crippen LogP contribution is 2.02. The molecule has 3 N–H and O–H groups in total. The highest BCUT2D eigenvalue weighted by atomic mass is 32.2. The molecule has 0 fully saturated rings. The SMILES string of the molecule is CNCC(=O)SCCC(N)=O. The Morgan fingerprint density at radius 3 is 2.64 bits per heavy atom. The molecule has 5 heteroatoms. The smallest absolute Gasteiger partial charge is 0.218 e. The van der Waals surface area contributed by atoms with Crippen LogP contribution in [0.1, 0.15) is 6.42 Å². The molecule has 0 rings (SSSR count). The Morgan fingerprint density at radius 1 is 1.55 bits per heavy atom. The summed E-state index contributed by atoms with van der Waals surface area (Å²) in [7, 11) is 1.70. The highest BCUT2D eigenvalue weighted by molar-refractivity contribution is 8.13. The van der Waals surface area contributed by atoms with Gasteiger partial charge in [-0.3, -0.25) is 9.59 Å². The molecular formula is C6H12N2O2S. The van der Waals surface area contributed by atoms with Crippen molar-refractivity contribution >= 4 is 22.8 Å². The third-order valence-corrected chi connectivity index (χ3v) is 1.81. The quantitative estimate of drug-likeness (QED) is 0.583. The van der Waals surface area contributed by atoms with Crippen LogP contribution >= 0.6 is 11.8 Å². The van der Waals surface area contributed by atoms with E-state index in [1.165, 1.54) is 0 Å². The Kier molecular flexibility index (Phi) is 5.87. The van der Waals surface area contributed by atoms with E-state index in [0.717, 1.165) is 11.8 Å². The predicted molar refractivity (Wildman–Crippen MR) is 45.2 cm³/mol. The maximum absolute atomic E-state index is 10.8. The number of nitrogens with one attached hydrogen (secondary N) is 1. The van der Waals surface area contributed by atoms with E-state index in [1.54, 1.807) is 7.05 Å². The van der Waals surface area contributed by atoms with E-state index in [0.29, 0.717) is 12.3 Å². The van der Waals surface area contributed by atoms with E-state index in [2.05, 4.69) is 5.32 Å². The van der Waals surface area contributed by atoms with Gasteiger partial charge in [0.05, 0.1) is 6.54 Å². The zero-order chi connectivity index (χ0) is 8.69. The standard InChI is InChI=1S/C6H12N2O2S/c1-8-4-6(10)11-3-2-5(7)9/h8H,2-4H2,1H3,(H2,7,9). The Hall–Kier alpha value is -0.550. The summed E-state index contributed by atoms with van der Waals surface area (Å²) >= 11 is 1.13. The van der Waals surface area contributed by atoms with Gasteiger partial charge in [0.1, 0.15) is 0 Å². The van der Waals surface area contributed by atoms with Gasteiger partial charge in [-0.1, -0.05) is 11.8 Å². The van der Waals surface area contributed by atoms with E-state index in [-0.39, 0.29) is 17.4 Å². The molecule has 0 aromatic heterocycles. The van der Waals surface area contributed by atoms with Gasteiger partial charge in [-0.15, -0.1) is 0 Å². The van der Waals surface area contributed by atoms with Crippen LogP contribution in [-0.4, -0.2) is 30.4 Å². The van der Waals surface area contributed by atoms with Crippen molar-refractivity contribution in [3.63, 3.8) is 0 Å².